The lowest BCUT2D eigenvalue weighted by Gasteiger charge is -2.32. The maximum Gasteiger partial charge on any atom is 0.514 e. The molecule has 2 aromatic heterocycles. The Morgan fingerprint density at radius 2 is 1.46 bits per heavy atom. The predicted molar refractivity (Wildman–Crippen MR) is 118 cm³/mol. The third-order valence-corrected chi connectivity index (χ3v) is 7.14. The lowest BCUT2D eigenvalue weighted by molar-refractivity contribution is 0.00578. The van der Waals surface area contributed by atoms with Gasteiger partial charge in [-0.15, -0.1) is 11.3 Å². The SMILES string of the molecule is CC1(C)OB(c2ccc(-c3ccc4sc5ccccc5c4c3)cn2)OC1(C)C. The Labute approximate surface area is 169 Å². The van der Waals surface area contributed by atoms with E-state index in [1.54, 1.807) is 0 Å². The van der Waals surface area contributed by atoms with Crippen molar-refractivity contribution < 1.29 is 9.31 Å². The molecule has 0 radical (unpaired) electrons. The molecule has 0 amide bonds. The fourth-order valence-corrected chi connectivity index (χ4v) is 4.67. The first-order valence-corrected chi connectivity index (χ1v) is 10.4. The second-order valence-electron chi connectivity index (χ2n) is 8.37. The molecular weight excluding hydrogens is 365 g/mol. The summed E-state index contributed by atoms with van der Waals surface area (Å²) >= 11 is 1.84. The van der Waals surface area contributed by atoms with Gasteiger partial charge in [-0.2, -0.15) is 0 Å². The monoisotopic (exact) mass is 387 g/mol. The fraction of sp³-hybridized carbons (Fsp3) is 0.261. The number of hydrogen-bond donors (Lipinski definition) is 0. The van der Waals surface area contributed by atoms with E-state index in [0.717, 1.165) is 11.2 Å². The molecule has 4 aromatic rings. The van der Waals surface area contributed by atoms with Crippen LogP contribution < -0.4 is 5.59 Å². The van der Waals surface area contributed by atoms with Gasteiger partial charge in [0.1, 0.15) is 0 Å². The topological polar surface area (TPSA) is 31.4 Å². The van der Waals surface area contributed by atoms with Crippen molar-refractivity contribution >= 4 is 44.2 Å². The van der Waals surface area contributed by atoms with Gasteiger partial charge in [-0.25, -0.2) is 0 Å². The van der Waals surface area contributed by atoms with Gasteiger partial charge in [-0.3, -0.25) is 4.98 Å². The zero-order chi connectivity index (χ0) is 19.5. The van der Waals surface area contributed by atoms with E-state index >= 15 is 0 Å². The van der Waals surface area contributed by atoms with Crippen LogP contribution in [0, 0.1) is 0 Å². The Hall–Kier alpha value is -2.21. The zero-order valence-corrected chi connectivity index (χ0v) is 17.3. The summed E-state index contributed by atoms with van der Waals surface area (Å²) in [7, 11) is -0.428. The second kappa shape index (κ2) is 6.15. The summed E-state index contributed by atoms with van der Waals surface area (Å²) in [5.41, 5.74) is 2.36. The summed E-state index contributed by atoms with van der Waals surface area (Å²) in [5, 5.41) is 2.61. The molecule has 1 fully saturated rings. The Bertz CT molecular complexity index is 1160. The van der Waals surface area contributed by atoms with Gasteiger partial charge in [0.05, 0.1) is 16.8 Å². The highest BCUT2D eigenvalue weighted by atomic mass is 32.1. The fourth-order valence-electron chi connectivity index (χ4n) is 3.58. The number of benzene rings is 2. The number of hydrogen-bond acceptors (Lipinski definition) is 4. The minimum Gasteiger partial charge on any atom is -0.398 e. The lowest BCUT2D eigenvalue weighted by atomic mass is 9.84. The third kappa shape index (κ3) is 2.77. The van der Waals surface area contributed by atoms with Crippen molar-refractivity contribution in [3.63, 3.8) is 0 Å². The Morgan fingerprint density at radius 1 is 0.786 bits per heavy atom. The number of rotatable bonds is 2. The summed E-state index contributed by atoms with van der Waals surface area (Å²) < 4.78 is 14.9. The van der Waals surface area contributed by atoms with E-state index in [4.69, 9.17) is 9.31 Å². The molecule has 5 heteroatoms. The van der Waals surface area contributed by atoms with Gasteiger partial charge < -0.3 is 9.31 Å². The molecule has 0 atom stereocenters. The quantitative estimate of drug-likeness (QED) is 0.431. The average molecular weight is 387 g/mol. The van der Waals surface area contributed by atoms with Crippen molar-refractivity contribution in [2.24, 2.45) is 0 Å². The van der Waals surface area contributed by atoms with Crippen molar-refractivity contribution in [3.05, 3.63) is 60.8 Å². The van der Waals surface area contributed by atoms with Gasteiger partial charge in [-0.05, 0) is 63.1 Å². The van der Waals surface area contributed by atoms with Gasteiger partial charge in [-0.1, -0.05) is 30.3 Å². The molecular formula is C23H22BNO2S. The van der Waals surface area contributed by atoms with Crippen molar-refractivity contribution in [3.8, 4) is 11.1 Å². The minimum absolute atomic E-state index is 0.358. The summed E-state index contributed by atoms with van der Waals surface area (Å²) in [6.45, 7) is 8.23. The molecule has 0 N–H and O–H groups in total. The van der Waals surface area contributed by atoms with E-state index in [1.807, 2.05) is 23.6 Å². The molecule has 1 aliphatic heterocycles. The molecule has 2 aromatic carbocycles. The van der Waals surface area contributed by atoms with Gasteiger partial charge in [0.25, 0.3) is 0 Å². The van der Waals surface area contributed by atoms with Crippen LogP contribution in [0.2, 0.25) is 0 Å². The van der Waals surface area contributed by atoms with Crippen LogP contribution in [-0.4, -0.2) is 23.3 Å². The Balaban J connectivity index is 1.48. The van der Waals surface area contributed by atoms with E-state index in [1.165, 1.54) is 25.7 Å². The molecule has 0 bridgehead atoms. The predicted octanol–water partition coefficient (Wildman–Crippen LogP) is 5.42. The largest absolute Gasteiger partial charge is 0.514 e. The van der Waals surface area contributed by atoms with Crippen LogP contribution >= 0.6 is 11.3 Å². The van der Waals surface area contributed by atoms with Crippen LogP contribution in [0.3, 0.4) is 0 Å². The number of pyridine rings is 1. The number of fused-ring (bicyclic) bond motifs is 3. The molecule has 0 saturated carbocycles. The van der Waals surface area contributed by atoms with Crippen LogP contribution in [0.25, 0.3) is 31.3 Å². The van der Waals surface area contributed by atoms with E-state index in [0.29, 0.717) is 0 Å². The highest BCUT2D eigenvalue weighted by Gasteiger charge is 2.52. The maximum atomic E-state index is 6.11. The summed E-state index contributed by atoms with van der Waals surface area (Å²) in [6, 6.07) is 19.3. The normalized spacial score (nSPS) is 18.2. The van der Waals surface area contributed by atoms with Gasteiger partial charge in [0.15, 0.2) is 0 Å². The van der Waals surface area contributed by atoms with Crippen LogP contribution in [0.15, 0.2) is 60.8 Å². The van der Waals surface area contributed by atoms with Crippen molar-refractivity contribution in [2.75, 3.05) is 0 Å². The first kappa shape index (κ1) is 17.9. The lowest BCUT2D eigenvalue weighted by Crippen LogP contribution is -2.41. The first-order chi connectivity index (χ1) is 13.3. The van der Waals surface area contributed by atoms with Gasteiger partial charge >= 0.3 is 7.12 Å². The molecule has 28 heavy (non-hydrogen) atoms. The zero-order valence-electron chi connectivity index (χ0n) is 16.5. The highest BCUT2D eigenvalue weighted by Crippen LogP contribution is 2.37. The van der Waals surface area contributed by atoms with Crippen molar-refractivity contribution in [2.45, 2.75) is 38.9 Å². The number of thiophene rings is 1. The summed E-state index contributed by atoms with van der Waals surface area (Å²) in [4.78, 5) is 4.65. The Morgan fingerprint density at radius 3 is 2.18 bits per heavy atom. The van der Waals surface area contributed by atoms with Crippen molar-refractivity contribution in [1.29, 1.82) is 0 Å². The van der Waals surface area contributed by atoms with Gasteiger partial charge in [0, 0.05) is 26.4 Å². The third-order valence-electron chi connectivity index (χ3n) is 5.99. The second-order valence-corrected chi connectivity index (χ2v) is 9.45. The molecule has 1 aliphatic rings. The summed E-state index contributed by atoms with van der Waals surface area (Å²) in [6.07, 6.45) is 1.91. The van der Waals surface area contributed by atoms with Crippen LogP contribution in [0.4, 0.5) is 0 Å². The van der Waals surface area contributed by atoms with E-state index in [-0.39, 0.29) is 11.2 Å². The molecule has 3 nitrogen and oxygen atoms in total. The maximum absolute atomic E-state index is 6.11. The first-order valence-electron chi connectivity index (χ1n) is 9.57. The molecule has 0 unspecified atom stereocenters. The standard InChI is InChI=1S/C23H22BNO2S/c1-22(2)23(3,4)27-24(26-22)21-12-10-16(14-25-21)15-9-11-20-18(13-15)17-7-5-6-8-19(17)28-20/h5-14H,1-4H3. The Kier molecular flexibility index (Phi) is 3.92. The van der Waals surface area contributed by atoms with Crippen LogP contribution in [-0.2, 0) is 9.31 Å². The average Bonchev–Trinajstić information content (AvgIpc) is 3.15. The number of aromatic nitrogens is 1. The summed E-state index contributed by atoms with van der Waals surface area (Å²) in [5.74, 6) is 0. The van der Waals surface area contributed by atoms with E-state index < -0.39 is 7.12 Å². The van der Waals surface area contributed by atoms with E-state index in [9.17, 15) is 0 Å². The molecule has 1 saturated heterocycles. The molecule has 0 spiro atoms. The minimum atomic E-state index is -0.428. The molecule has 0 aliphatic carbocycles. The highest BCUT2D eigenvalue weighted by molar-refractivity contribution is 7.25. The van der Waals surface area contributed by atoms with Gasteiger partial charge in [0.2, 0.25) is 0 Å². The smallest absolute Gasteiger partial charge is 0.398 e. The van der Waals surface area contributed by atoms with Crippen LogP contribution in [0.1, 0.15) is 27.7 Å². The molecule has 5 rings (SSSR count). The van der Waals surface area contributed by atoms with Crippen LogP contribution in [0.5, 0.6) is 0 Å². The number of nitrogens with zero attached hydrogens (tertiary/aromatic N) is 1. The van der Waals surface area contributed by atoms with Crippen molar-refractivity contribution in [1.82, 2.24) is 4.98 Å². The molecule has 3 heterocycles. The van der Waals surface area contributed by atoms with E-state index in [2.05, 4.69) is 81.2 Å². The molecule has 140 valence electrons.